The van der Waals surface area contributed by atoms with Gasteiger partial charge in [0.25, 0.3) is 0 Å². The van der Waals surface area contributed by atoms with Gasteiger partial charge in [-0.2, -0.15) is 0 Å². The Morgan fingerprint density at radius 1 is 1.14 bits per heavy atom. The van der Waals surface area contributed by atoms with Crippen LogP contribution in [0.15, 0.2) is 48.5 Å². The van der Waals surface area contributed by atoms with Gasteiger partial charge in [0.05, 0.1) is 13.7 Å². The van der Waals surface area contributed by atoms with Crippen LogP contribution < -0.4 is 15.4 Å². The van der Waals surface area contributed by atoms with E-state index in [-0.39, 0.29) is 18.3 Å². The van der Waals surface area contributed by atoms with Crippen molar-refractivity contribution in [3.63, 3.8) is 0 Å². The highest BCUT2D eigenvalue weighted by Gasteiger charge is 2.20. The molecule has 1 saturated heterocycles. The van der Waals surface area contributed by atoms with Gasteiger partial charge in [-0.1, -0.05) is 18.2 Å². The number of nitrogens with zero attached hydrogens (tertiary/aromatic N) is 2. The van der Waals surface area contributed by atoms with Crippen LogP contribution in [0.3, 0.4) is 0 Å². The molecule has 2 N–H and O–H groups in total. The highest BCUT2D eigenvalue weighted by atomic mass is 32.1. The molecule has 0 saturated carbocycles. The van der Waals surface area contributed by atoms with Crippen molar-refractivity contribution in [3.05, 3.63) is 59.9 Å². The van der Waals surface area contributed by atoms with Crippen LogP contribution in [0.25, 0.3) is 0 Å². The van der Waals surface area contributed by atoms with Crippen molar-refractivity contribution >= 4 is 28.9 Å². The van der Waals surface area contributed by atoms with Crippen molar-refractivity contribution in [2.24, 2.45) is 0 Å². The molecule has 1 aliphatic heterocycles. The second-order valence-corrected chi connectivity index (χ2v) is 7.22. The first-order valence-electron chi connectivity index (χ1n) is 9.47. The molecule has 1 aliphatic rings. The average molecular weight is 417 g/mol. The maximum atomic E-state index is 13.2. The van der Waals surface area contributed by atoms with Gasteiger partial charge in [-0.15, -0.1) is 0 Å². The summed E-state index contributed by atoms with van der Waals surface area (Å²) in [4.78, 5) is 16.4. The van der Waals surface area contributed by atoms with Gasteiger partial charge in [-0.25, -0.2) is 4.39 Å². The summed E-state index contributed by atoms with van der Waals surface area (Å²) in [6.07, 6.45) is 0. The summed E-state index contributed by atoms with van der Waals surface area (Å²) in [6.45, 7) is 3.90. The fourth-order valence-electron chi connectivity index (χ4n) is 3.11. The molecule has 0 unspecified atom stereocenters. The Morgan fingerprint density at radius 2 is 1.86 bits per heavy atom. The number of benzene rings is 2. The van der Waals surface area contributed by atoms with E-state index in [1.807, 2.05) is 24.3 Å². The van der Waals surface area contributed by atoms with Gasteiger partial charge < -0.3 is 20.3 Å². The topological polar surface area (TPSA) is 56.8 Å². The van der Waals surface area contributed by atoms with Gasteiger partial charge in [0.2, 0.25) is 5.91 Å². The number of thiocarbonyl (C=S) groups is 1. The van der Waals surface area contributed by atoms with Gasteiger partial charge >= 0.3 is 0 Å². The number of ether oxygens (including phenoxy) is 1. The number of piperazine rings is 1. The standard InChI is InChI=1S/C21H25FN4O2S/c1-28-19-7-5-16(6-8-19)14-23-21(29)26-11-9-25(10-12-26)15-20(27)24-18-4-2-3-17(22)13-18/h2-8,13H,9-12,14-15H2,1H3,(H,23,29)(H,24,27). The quantitative estimate of drug-likeness (QED) is 0.706. The summed E-state index contributed by atoms with van der Waals surface area (Å²) < 4.78 is 18.4. The Hall–Kier alpha value is -2.71. The number of hydrogen-bond acceptors (Lipinski definition) is 4. The fourth-order valence-corrected chi connectivity index (χ4v) is 3.37. The first-order valence-corrected chi connectivity index (χ1v) is 9.88. The number of carbonyl (C=O) groups is 1. The predicted molar refractivity (Wildman–Crippen MR) is 115 cm³/mol. The number of rotatable bonds is 6. The minimum Gasteiger partial charge on any atom is -0.497 e. The third kappa shape index (κ3) is 6.40. The zero-order chi connectivity index (χ0) is 20.6. The highest BCUT2D eigenvalue weighted by molar-refractivity contribution is 7.80. The van der Waals surface area contributed by atoms with Gasteiger partial charge in [0.15, 0.2) is 5.11 Å². The molecule has 8 heteroatoms. The lowest BCUT2D eigenvalue weighted by molar-refractivity contribution is -0.117. The fraction of sp³-hybridized carbons (Fsp3) is 0.333. The van der Waals surface area contributed by atoms with E-state index in [1.54, 1.807) is 19.2 Å². The van der Waals surface area contributed by atoms with Crippen molar-refractivity contribution in [1.29, 1.82) is 0 Å². The van der Waals surface area contributed by atoms with E-state index in [2.05, 4.69) is 20.4 Å². The van der Waals surface area contributed by atoms with Crippen molar-refractivity contribution in [2.45, 2.75) is 6.54 Å². The molecule has 6 nitrogen and oxygen atoms in total. The van der Waals surface area contributed by atoms with E-state index >= 15 is 0 Å². The van der Waals surface area contributed by atoms with E-state index in [9.17, 15) is 9.18 Å². The number of carbonyl (C=O) groups excluding carboxylic acids is 1. The first-order chi connectivity index (χ1) is 14.0. The van der Waals surface area contributed by atoms with Gasteiger partial charge in [0.1, 0.15) is 11.6 Å². The van der Waals surface area contributed by atoms with Gasteiger partial charge in [0, 0.05) is 38.4 Å². The SMILES string of the molecule is COc1ccc(CNC(=S)N2CCN(CC(=O)Nc3cccc(F)c3)CC2)cc1. The third-order valence-electron chi connectivity index (χ3n) is 4.74. The second-order valence-electron chi connectivity index (χ2n) is 6.83. The lowest BCUT2D eigenvalue weighted by Crippen LogP contribution is -2.52. The Morgan fingerprint density at radius 3 is 2.52 bits per heavy atom. The largest absolute Gasteiger partial charge is 0.497 e. The van der Waals surface area contributed by atoms with E-state index < -0.39 is 0 Å². The number of nitrogens with one attached hydrogen (secondary N) is 2. The molecule has 0 aromatic heterocycles. The average Bonchev–Trinajstić information content (AvgIpc) is 2.73. The lowest BCUT2D eigenvalue weighted by Gasteiger charge is -2.35. The first kappa shape index (κ1) is 21.0. The minimum atomic E-state index is -0.368. The summed E-state index contributed by atoms with van der Waals surface area (Å²) in [6, 6.07) is 13.8. The molecule has 0 atom stereocenters. The van der Waals surface area contributed by atoms with Crippen molar-refractivity contribution in [1.82, 2.24) is 15.1 Å². The third-order valence-corrected chi connectivity index (χ3v) is 5.14. The molecule has 154 valence electrons. The molecular formula is C21H25FN4O2S. The summed E-state index contributed by atoms with van der Waals surface area (Å²) in [5, 5.41) is 6.72. The zero-order valence-electron chi connectivity index (χ0n) is 16.4. The number of hydrogen-bond donors (Lipinski definition) is 2. The van der Waals surface area contributed by atoms with Crippen LogP contribution in [-0.2, 0) is 11.3 Å². The van der Waals surface area contributed by atoms with Crippen molar-refractivity contribution < 1.29 is 13.9 Å². The van der Waals surface area contributed by atoms with Crippen LogP contribution in [0, 0.1) is 5.82 Å². The molecule has 0 spiro atoms. The molecule has 29 heavy (non-hydrogen) atoms. The van der Waals surface area contributed by atoms with Crippen molar-refractivity contribution in [3.8, 4) is 5.75 Å². The Labute approximate surface area is 175 Å². The summed E-state index contributed by atoms with van der Waals surface area (Å²) in [5.74, 6) is 0.310. The molecule has 1 fully saturated rings. The number of amides is 1. The maximum absolute atomic E-state index is 13.2. The Kier molecular flexibility index (Phi) is 7.37. The molecular weight excluding hydrogens is 391 g/mol. The second kappa shape index (κ2) is 10.2. The molecule has 1 amide bonds. The summed E-state index contributed by atoms with van der Waals surface area (Å²) in [5.41, 5.74) is 1.60. The number of halogens is 1. The molecule has 0 radical (unpaired) electrons. The van der Waals surface area contributed by atoms with Crippen molar-refractivity contribution in [2.75, 3.05) is 45.2 Å². The van der Waals surface area contributed by atoms with E-state index in [4.69, 9.17) is 17.0 Å². The molecule has 1 heterocycles. The molecule has 0 bridgehead atoms. The van der Waals surface area contributed by atoms with E-state index in [0.717, 1.165) is 37.5 Å². The molecule has 2 aromatic carbocycles. The van der Waals surface area contributed by atoms with Crippen LogP contribution in [0.1, 0.15) is 5.56 Å². The maximum Gasteiger partial charge on any atom is 0.238 e. The van der Waals surface area contributed by atoms with Crippen LogP contribution in [0.4, 0.5) is 10.1 Å². The van der Waals surface area contributed by atoms with E-state index in [1.165, 1.54) is 12.1 Å². The Bertz CT molecular complexity index is 839. The molecule has 2 aromatic rings. The van der Waals surface area contributed by atoms with Crippen LogP contribution in [0.2, 0.25) is 0 Å². The minimum absolute atomic E-state index is 0.149. The molecule has 3 rings (SSSR count). The normalized spacial score (nSPS) is 14.3. The lowest BCUT2D eigenvalue weighted by atomic mass is 10.2. The summed E-state index contributed by atoms with van der Waals surface area (Å²) in [7, 11) is 1.65. The Balaban J connectivity index is 1.38. The van der Waals surface area contributed by atoms with Gasteiger partial charge in [-0.3, -0.25) is 9.69 Å². The van der Waals surface area contributed by atoms with Crippen LogP contribution >= 0.6 is 12.2 Å². The highest BCUT2D eigenvalue weighted by Crippen LogP contribution is 2.12. The van der Waals surface area contributed by atoms with E-state index in [0.29, 0.717) is 17.3 Å². The monoisotopic (exact) mass is 416 g/mol. The predicted octanol–water partition coefficient (Wildman–Crippen LogP) is 2.47. The van der Waals surface area contributed by atoms with Gasteiger partial charge in [-0.05, 0) is 48.1 Å². The van der Waals surface area contributed by atoms with Crippen LogP contribution in [-0.4, -0.2) is 60.7 Å². The van der Waals surface area contributed by atoms with Crippen LogP contribution in [0.5, 0.6) is 5.75 Å². The summed E-state index contributed by atoms with van der Waals surface area (Å²) >= 11 is 5.50. The zero-order valence-corrected chi connectivity index (χ0v) is 17.2. The number of anilines is 1. The smallest absolute Gasteiger partial charge is 0.238 e. The number of methoxy groups -OCH3 is 1. The molecule has 0 aliphatic carbocycles.